The number of nitrogens with zero attached hydrogens (tertiary/aromatic N) is 1. The Labute approximate surface area is 131 Å². The molecule has 1 fully saturated rings. The maximum atomic E-state index is 6.36. The van der Waals surface area contributed by atoms with Gasteiger partial charge in [-0.2, -0.15) is 0 Å². The van der Waals surface area contributed by atoms with E-state index in [2.05, 4.69) is 65.8 Å². The Hall–Kier alpha value is -1.29. The highest BCUT2D eigenvalue weighted by Crippen LogP contribution is 2.27. The molecule has 0 radical (unpaired) electrons. The van der Waals surface area contributed by atoms with Crippen LogP contribution < -0.4 is 5.73 Å². The molecule has 3 rings (SSSR count). The molecule has 2 aromatic rings. The summed E-state index contributed by atoms with van der Waals surface area (Å²) in [5, 5.41) is 0. The van der Waals surface area contributed by atoms with Crippen molar-refractivity contribution in [2.75, 3.05) is 19.3 Å². The van der Waals surface area contributed by atoms with Crippen molar-refractivity contribution in [3.63, 3.8) is 0 Å². The molecule has 2 atom stereocenters. The lowest BCUT2D eigenvalue weighted by Crippen LogP contribution is -2.28. The Balaban J connectivity index is 1.65. The first-order valence-electron chi connectivity index (χ1n) is 7.42. The van der Waals surface area contributed by atoms with E-state index in [1.807, 2.05) is 0 Å². The molecular formula is C18H22N2S. The quantitative estimate of drug-likeness (QED) is 0.878. The summed E-state index contributed by atoms with van der Waals surface area (Å²) in [6, 6.07) is 19.8. The van der Waals surface area contributed by atoms with Crippen LogP contribution in [0, 0.1) is 0 Å². The van der Waals surface area contributed by atoms with Crippen molar-refractivity contribution in [3.05, 3.63) is 65.7 Å². The molecule has 0 aromatic heterocycles. The first kappa shape index (κ1) is 14.6. The van der Waals surface area contributed by atoms with Crippen molar-refractivity contribution < 1.29 is 0 Å². The molecule has 2 N–H and O–H groups in total. The van der Waals surface area contributed by atoms with E-state index in [-0.39, 0.29) is 6.04 Å². The first-order chi connectivity index (χ1) is 10.3. The summed E-state index contributed by atoms with van der Waals surface area (Å²) < 4.78 is 0. The van der Waals surface area contributed by atoms with E-state index in [0.717, 1.165) is 19.6 Å². The molecule has 0 bridgehead atoms. The zero-order valence-corrected chi connectivity index (χ0v) is 13.2. The zero-order chi connectivity index (χ0) is 14.7. The molecule has 21 heavy (non-hydrogen) atoms. The molecule has 0 spiro atoms. The highest BCUT2D eigenvalue weighted by Gasteiger charge is 2.30. The van der Waals surface area contributed by atoms with Crippen LogP contribution in [0.4, 0.5) is 0 Å². The second-order valence-corrected chi connectivity index (χ2v) is 6.60. The average Bonchev–Trinajstić information content (AvgIpc) is 2.89. The number of hydrogen-bond acceptors (Lipinski definition) is 3. The number of thioether (sulfide) groups is 1. The SMILES string of the molecule is CSc1ccc(CN2C[C@@H](N)[C@H](c3ccccc3)C2)cc1. The van der Waals surface area contributed by atoms with E-state index >= 15 is 0 Å². The molecular weight excluding hydrogens is 276 g/mol. The van der Waals surface area contributed by atoms with Crippen LogP contribution in [0.1, 0.15) is 17.0 Å². The van der Waals surface area contributed by atoms with Crippen LogP contribution in [0.5, 0.6) is 0 Å². The van der Waals surface area contributed by atoms with Gasteiger partial charge in [0, 0.05) is 36.5 Å². The lowest BCUT2D eigenvalue weighted by Gasteiger charge is -2.16. The Morgan fingerprint density at radius 1 is 1.05 bits per heavy atom. The topological polar surface area (TPSA) is 29.3 Å². The Morgan fingerprint density at radius 2 is 1.76 bits per heavy atom. The molecule has 0 saturated carbocycles. The molecule has 110 valence electrons. The van der Waals surface area contributed by atoms with Gasteiger partial charge in [0.05, 0.1) is 0 Å². The molecule has 0 amide bonds. The molecule has 1 aliphatic rings. The highest BCUT2D eigenvalue weighted by atomic mass is 32.2. The van der Waals surface area contributed by atoms with Gasteiger partial charge in [-0.1, -0.05) is 42.5 Å². The van der Waals surface area contributed by atoms with Crippen LogP contribution in [0.3, 0.4) is 0 Å². The third-order valence-electron chi connectivity index (χ3n) is 4.23. The molecule has 1 heterocycles. The summed E-state index contributed by atoms with van der Waals surface area (Å²) in [7, 11) is 0. The maximum Gasteiger partial charge on any atom is 0.0250 e. The molecule has 1 aliphatic heterocycles. The standard InChI is InChI=1S/C18H22N2S/c1-21-16-9-7-14(8-10-16)11-20-12-17(18(19)13-20)15-5-3-2-4-6-15/h2-10,17-18H,11-13,19H2,1H3/t17-,18+/m0/s1. The van der Waals surface area contributed by atoms with Crippen molar-refractivity contribution in [1.29, 1.82) is 0 Å². The van der Waals surface area contributed by atoms with Crippen molar-refractivity contribution in [3.8, 4) is 0 Å². The van der Waals surface area contributed by atoms with Gasteiger partial charge >= 0.3 is 0 Å². The minimum absolute atomic E-state index is 0.234. The summed E-state index contributed by atoms with van der Waals surface area (Å²) in [6.45, 7) is 3.02. The number of rotatable bonds is 4. The minimum Gasteiger partial charge on any atom is -0.326 e. The van der Waals surface area contributed by atoms with Crippen LogP contribution in [0.2, 0.25) is 0 Å². The van der Waals surface area contributed by atoms with Gasteiger partial charge in [-0.3, -0.25) is 4.90 Å². The van der Waals surface area contributed by atoms with E-state index in [1.165, 1.54) is 16.0 Å². The predicted octanol–water partition coefficient (Wildman–Crippen LogP) is 3.34. The summed E-state index contributed by atoms with van der Waals surface area (Å²) in [5.41, 5.74) is 9.09. The second kappa shape index (κ2) is 6.65. The average molecular weight is 298 g/mol. The summed E-state index contributed by atoms with van der Waals surface area (Å²) in [4.78, 5) is 3.79. The summed E-state index contributed by atoms with van der Waals surface area (Å²) in [6.07, 6.45) is 2.11. The molecule has 2 aromatic carbocycles. The van der Waals surface area contributed by atoms with Crippen LogP contribution >= 0.6 is 11.8 Å². The summed E-state index contributed by atoms with van der Waals surface area (Å²) >= 11 is 1.78. The van der Waals surface area contributed by atoms with E-state index < -0.39 is 0 Å². The van der Waals surface area contributed by atoms with Crippen LogP contribution in [-0.4, -0.2) is 30.3 Å². The van der Waals surface area contributed by atoms with Crippen molar-refractivity contribution in [1.82, 2.24) is 4.90 Å². The fraction of sp³-hybridized carbons (Fsp3) is 0.333. The monoisotopic (exact) mass is 298 g/mol. The first-order valence-corrected chi connectivity index (χ1v) is 8.64. The van der Waals surface area contributed by atoms with Crippen LogP contribution in [0.15, 0.2) is 59.5 Å². The second-order valence-electron chi connectivity index (χ2n) is 5.72. The lowest BCUT2D eigenvalue weighted by molar-refractivity contribution is 0.324. The Morgan fingerprint density at radius 3 is 2.43 bits per heavy atom. The highest BCUT2D eigenvalue weighted by molar-refractivity contribution is 7.98. The van der Waals surface area contributed by atoms with Gasteiger partial charge in [0.2, 0.25) is 0 Å². The van der Waals surface area contributed by atoms with Crippen LogP contribution in [0.25, 0.3) is 0 Å². The van der Waals surface area contributed by atoms with Crippen molar-refractivity contribution >= 4 is 11.8 Å². The fourth-order valence-corrected chi connectivity index (χ4v) is 3.49. The van der Waals surface area contributed by atoms with Gasteiger partial charge in [-0.05, 0) is 29.5 Å². The molecule has 0 aliphatic carbocycles. The smallest absolute Gasteiger partial charge is 0.0250 e. The van der Waals surface area contributed by atoms with Crippen molar-refractivity contribution in [2.24, 2.45) is 5.73 Å². The van der Waals surface area contributed by atoms with E-state index in [0.29, 0.717) is 5.92 Å². The fourth-order valence-electron chi connectivity index (χ4n) is 3.08. The summed E-state index contributed by atoms with van der Waals surface area (Å²) in [5.74, 6) is 0.455. The number of benzene rings is 2. The Kier molecular flexibility index (Phi) is 4.63. The molecule has 2 nitrogen and oxygen atoms in total. The number of nitrogens with two attached hydrogens (primary N) is 1. The van der Waals surface area contributed by atoms with E-state index in [1.54, 1.807) is 11.8 Å². The van der Waals surface area contributed by atoms with E-state index in [9.17, 15) is 0 Å². The zero-order valence-electron chi connectivity index (χ0n) is 12.4. The van der Waals surface area contributed by atoms with Gasteiger partial charge in [0.1, 0.15) is 0 Å². The maximum absolute atomic E-state index is 6.36. The third kappa shape index (κ3) is 3.49. The minimum atomic E-state index is 0.234. The van der Waals surface area contributed by atoms with Crippen LogP contribution in [-0.2, 0) is 6.54 Å². The normalized spacial score (nSPS) is 22.6. The molecule has 3 heteroatoms. The number of hydrogen-bond donors (Lipinski definition) is 1. The van der Waals surface area contributed by atoms with Gasteiger partial charge < -0.3 is 5.73 Å². The molecule has 1 saturated heterocycles. The van der Waals surface area contributed by atoms with Gasteiger partial charge in [-0.25, -0.2) is 0 Å². The van der Waals surface area contributed by atoms with Gasteiger partial charge in [-0.15, -0.1) is 11.8 Å². The van der Waals surface area contributed by atoms with E-state index in [4.69, 9.17) is 5.73 Å². The Bertz CT molecular complexity index is 568. The van der Waals surface area contributed by atoms with Gasteiger partial charge in [0.15, 0.2) is 0 Å². The van der Waals surface area contributed by atoms with Crippen molar-refractivity contribution in [2.45, 2.75) is 23.4 Å². The van der Waals surface area contributed by atoms with Gasteiger partial charge in [0.25, 0.3) is 0 Å². The largest absolute Gasteiger partial charge is 0.326 e. The lowest BCUT2D eigenvalue weighted by atomic mass is 9.95. The number of likely N-dealkylation sites (tertiary alicyclic amines) is 1. The molecule has 0 unspecified atom stereocenters. The predicted molar refractivity (Wildman–Crippen MR) is 90.7 cm³/mol. The third-order valence-corrected chi connectivity index (χ3v) is 4.98.